The largest absolute Gasteiger partial charge is 0.352 e. The molecule has 0 saturated heterocycles. The van der Waals surface area contributed by atoms with Gasteiger partial charge in [0.1, 0.15) is 12.1 Å². The minimum atomic E-state index is -0.870. The lowest BCUT2D eigenvalue weighted by atomic mass is 10.00. The van der Waals surface area contributed by atoms with Crippen molar-refractivity contribution < 1.29 is 9.59 Å². The molecule has 1 N–H and O–H groups in total. The summed E-state index contributed by atoms with van der Waals surface area (Å²) >= 11 is 0. The van der Waals surface area contributed by atoms with Gasteiger partial charge in [-0.1, -0.05) is 36.4 Å². The highest BCUT2D eigenvalue weighted by Crippen LogP contribution is 2.30. The summed E-state index contributed by atoms with van der Waals surface area (Å²) < 4.78 is 3.46. The fourth-order valence-corrected chi connectivity index (χ4v) is 4.09. The maximum absolute atomic E-state index is 14.0. The highest BCUT2D eigenvalue weighted by atomic mass is 16.2. The number of nitrogens with zero attached hydrogens (tertiary/aromatic N) is 5. The number of hydrogen-bond acceptors (Lipinski definition) is 4. The Bertz CT molecular complexity index is 1350. The van der Waals surface area contributed by atoms with Crippen LogP contribution < -0.4 is 10.2 Å². The lowest BCUT2D eigenvalue weighted by Gasteiger charge is -2.34. The zero-order valence-electron chi connectivity index (χ0n) is 20.9. The van der Waals surface area contributed by atoms with Crippen LogP contribution in [-0.4, -0.2) is 36.9 Å². The first-order valence-corrected chi connectivity index (χ1v) is 11.8. The molecule has 0 unspecified atom stereocenters. The maximum atomic E-state index is 14.0. The number of anilines is 1. The highest BCUT2D eigenvalue weighted by molar-refractivity contribution is 6.01. The summed E-state index contributed by atoms with van der Waals surface area (Å²) in [5.74, 6) is -0.501. The van der Waals surface area contributed by atoms with Gasteiger partial charge >= 0.3 is 0 Å². The molecule has 0 bridgehead atoms. The Morgan fingerprint density at radius 1 is 1.09 bits per heavy atom. The number of aromatic nitrogens is 4. The molecule has 4 aromatic rings. The van der Waals surface area contributed by atoms with Crippen LogP contribution in [0.1, 0.15) is 44.5 Å². The molecule has 0 aliphatic heterocycles. The molecule has 4 rings (SSSR count). The third kappa shape index (κ3) is 5.11. The third-order valence-corrected chi connectivity index (χ3v) is 6.37. The minimum Gasteiger partial charge on any atom is -0.352 e. The number of fused-ring (bicyclic) bond motifs is 1. The van der Waals surface area contributed by atoms with E-state index in [4.69, 9.17) is 0 Å². The van der Waals surface area contributed by atoms with E-state index in [0.717, 1.165) is 17.5 Å². The summed E-state index contributed by atoms with van der Waals surface area (Å²) in [5, 5.41) is 11.5. The zero-order chi connectivity index (χ0) is 25.2. The maximum Gasteiger partial charge on any atom is 0.249 e. The second kappa shape index (κ2) is 9.74. The Morgan fingerprint density at radius 3 is 2.54 bits per heavy atom. The number of hydrogen-bond donors (Lipinski definition) is 1. The van der Waals surface area contributed by atoms with E-state index in [1.165, 1.54) is 0 Å². The molecule has 2 amide bonds. The van der Waals surface area contributed by atoms with Crippen molar-refractivity contribution in [3.05, 3.63) is 78.1 Å². The van der Waals surface area contributed by atoms with E-state index in [9.17, 15) is 9.59 Å². The molecular weight excluding hydrogens is 440 g/mol. The summed E-state index contributed by atoms with van der Waals surface area (Å²) in [6.45, 7) is 7.90. The molecule has 1 atom stereocenters. The van der Waals surface area contributed by atoms with Crippen LogP contribution in [0.15, 0.2) is 66.9 Å². The predicted octanol–water partition coefficient (Wildman–Crippen LogP) is 4.16. The summed E-state index contributed by atoms with van der Waals surface area (Å²) in [4.78, 5) is 29.4. The van der Waals surface area contributed by atoms with Crippen LogP contribution in [0.2, 0.25) is 0 Å². The quantitative estimate of drug-likeness (QED) is 0.417. The van der Waals surface area contributed by atoms with Crippen molar-refractivity contribution >= 4 is 28.5 Å². The van der Waals surface area contributed by atoms with Crippen molar-refractivity contribution in [2.24, 2.45) is 7.05 Å². The van der Waals surface area contributed by atoms with Gasteiger partial charge in [-0.05, 0) is 69.2 Å². The molecule has 35 heavy (non-hydrogen) atoms. The van der Waals surface area contributed by atoms with Crippen molar-refractivity contribution in [2.75, 3.05) is 4.90 Å². The molecule has 8 nitrogen and oxygen atoms in total. The van der Waals surface area contributed by atoms with Crippen LogP contribution in [0.25, 0.3) is 11.0 Å². The van der Waals surface area contributed by atoms with Gasteiger partial charge in [0.15, 0.2) is 6.04 Å². The van der Waals surface area contributed by atoms with Crippen LogP contribution in [0.3, 0.4) is 0 Å². The van der Waals surface area contributed by atoms with Gasteiger partial charge < -0.3 is 9.88 Å². The van der Waals surface area contributed by atoms with Crippen LogP contribution in [-0.2, 0) is 23.2 Å². The Morgan fingerprint density at radius 2 is 1.86 bits per heavy atom. The lowest BCUT2D eigenvalue weighted by molar-refractivity contribution is -0.128. The van der Waals surface area contributed by atoms with Gasteiger partial charge in [-0.3, -0.25) is 14.5 Å². The van der Waals surface area contributed by atoms with E-state index in [0.29, 0.717) is 16.9 Å². The van der Waals surface area contributed by atoms with Crippen molar-refractivity contribution in [3.63, 3.8) is 0 Å². The van der Waals surface area contributed by atoms with E-state index in [1.54, 1.807) is 9.58 Å². The van der Waals surface area contributed by atoms with E-state index >= 15 is 0 Å². The summed E-state index contributed by atoms with van der Waals surface area (Å²) in [6.07, 6.45) is 2.63. The number of aryl methyl sites for hydroxylation is 2. The van der Waals surface area contributed by atoms with Gasteiger partial charge in [0.05, 0.1) is 11.2 Å². The third-order valence-electron chi connectivity index (χ3n) is 6.37. The number of rotatable bonds is 8. The molecular formula is C27H32N6O2. The Labute approximate surface area is 205 Å². The normalized spacial score (nSPS) is 12.5. The first-order valence-electron chi connectivity index (χ1n) is 11.8. The molecule has 0 aliphatic rings. The number of carbonyl (C=O) groups excluding carboxylic acids is 2. The molecule has 0 spiro atoms. The van der Waals surface area contributed by atoms with Gasteiger partial charge in [0, 0.05) is 24.5 Å². The molecule has 0 fully saturated rings. The number of para-hydroxylation sites is 1. The first-order chi connectivity index (χ1) is 16.7. The molecule has 0 saturated carbocycles. The smallest absolute Gasteiger partial charge is 0.249 e. The molecule has 0 radical (unpaired) electrons. The van der Waals surface area contributed by atoms with Crippen LogP contribution in [0, 0.1) is 6.92 Å². The summed E-state index contributed by atoms with van der Waals surface area (Å²) in [6, 6.07) is 18.0. The molecule has 2 aromatic carbocycles. The second-order valence-corrected chi connectivity index (χ2v) is 9.51. The Kier molecular flexibility index (Phi) is 6.73. The topological polar surface area (TPSA) is 85.0 Å². The van der Waals surface area contributed by atoms with Crippen LogP contribution in [0.5, 0.6) is 0 Å². The molecule has 8 heteroatoms. The summed E-state index contributed by atoms with van der Waals surface area (Å²) in [7, 11) is 1.88. The number of carbonyl (C=O) groups is 2. The average Bonchev–Trinajstić information content (AvgIpc) is 3.43. The van der Waals surface area contributed by atoms with E-state index in [1.807, 2.05) is 106 Å². The van der Waals surface area contributed by atoms with Crippen LogP contribution >= 0.6 is 0 Å². The number of amides is 2. The Balaban J connectivity index is 1.81. The highest BCUT2D eigenvalue weighted by Gasteiger charge is 2.36. The second-order valence-electron chi connectivity index (χ2n) is 9.51. The minimum absolute atomic E-state index is 0.0557. The fourth-order valence-electron chi connectivity index (χ4n) is 4.09. The van der Waals surface area contributed by atoms with Gasteiger partial charge in [-0.2, -0.15) is 0 Å². The SMILES string of the molecule is CCC(C)(C)NC(=O)[C@@H](c1cccn1C)N(C(=O)Cn1nnc2ccccc21)c1cccc(C)c1. The van der Waals surface area contributed by atoms with Gasteiger partial charge in [0.25, 0.3) is 0 Å². The zero-order valence-corrected chi connectivity index (χ0v) is 20.9. The predicted molar refractivity (Wildman–Crippen MR) is 137 cm³/mol. The van der Waals surface area contributed by atoms with Crippen LogP contribution in [0.4, 0.5) is 5.69 Å². The van der Waals surface area contributed by atoms with Crippen molar-refractivity contribution in [3.8, 4) is 0 Å². The van der Waals surface area contributed by atoms with E-state index < -0.39 is 11.6 Å². The van der Waals surface area contributed by atoms with Gasteiger partial charge in [0.2, 0.25) is 11.8 Å². The number of benzene rings is 2. The van der Waals surface area contributed by atoms with Crippen molar-refractivity contribution in [2.45, 2.75) is 52.2 Å². The number of nitrogens with one attached hydrogen (secondary N) is 1. The molecule has 0 aliphatic carbocycles. The monoisotopic (exact) mass is 472 g/mol. The average molecular weight is 473 g/mol. The fraction of sp³-hybridized carbons (Fsp3) is 0.333. The molecule has 182 valence electrons. The van der Waals surface area contributed by atoms with Gasteiger partial charge in [-0.15, -0.1) is 5.10 Å². The molecule has 2 aromatic heterocycles. The first kappa shape index (κ1) is 24.2. The molecule has 2 heterocycles. The van der Waals surface area contributed by atoms with Crippen molar-refractivity contribution in [1.29, 1.82) is 0 Å². The standard InChI is InChI=1S/C27H32N6O2/c1-6-27(3,4)28-26(35)25(23-15-10-16-31(23)5)33(20-12-9-11-19(2)17-20)24(34)18-32-22-14-8-7-13-21(22)29-30-32/h7-17,25H,6,18H2,1-5H3,(H,28,35)/t25-/m1/s1. The van der Waals surface area contributed by atoms with E-state index in [-0.39, 0.29) is 18.4 Å². The van der Waals surface area contributed by atoms with Gasteiger partial charge in [-0.25, -0.2) is 4.68 Å². The lowest BCUT2D eigenvalue weighted by Crippen LogP contribution is -2.51. The Hall–Kier alpha value is -3.94. The summed E-state index contributed by atoms with van der Waals surface area (Å²) in [5.41, 5.74) is 3.40. The van der Waals surface area contributed by atoms with Crippen molar-refractivity contribution in [1.82, 2.24) is 24.9 Å². The van der Waals surface area contributed by atoms with E-state index in [2.05, 4.69) is 15.6 Å².